The number of nitrogens with one attached hydrogen (secondary N) is 3. The van der Waals surface area contributed by atoms with Crippen molar-refractivity contribution in [3.63, 3.8) is 0 Å². The number of hydrogen-bond acceptors (Lipinski definition) is 8. The Morgan fingerprint density at radius 3 is 2.62 bits per heavy atom. The van der Waals surface area contributed by atoms with Gasteiger partial charge in [0.15, 0.2) is 5.96 Å². The Morgan fingerprint density at radius 1 is 1.08 bits per heavy atom. The van der Waals surface area contributed by atoms with Crippen molar-refractivity contribution >= 4 is 11.9 Å². The number of aliphatic imine (C=N–C) groups is 1. The Morgan fingerprint density at radius 2 is 1.92 bits per heavy atom. The number of alkyl halides is 3. The molecule has 1 amide bonds. The van der Waals surface area contributed by atoms with Gasteiger partial charge in [-0.2, -0.15) is 13.2 Å². The van der Waals surface area contributed by atoms with Crippen molar-refractivity contribution in [2.24, 2.45) is 4.99 Å². The summed E-state index contributed by atoms with van der Waals surface area (Å²) in [6.45, 7) is 1.76. The van der Waals surface area contributed by atoms with Crippen LogP contribution in [0.4, 0.5) is 13.2 Å². The second kappa shape index (κ2) is 11.1. The maximum absolute atomic E-state index is 13.4. The van der Waals surface area contributed by atoms with E-state index in [9.17, 15) is 18.0 Å². The lowest BCUT2D eigenvalue weighted by Gasteiger charge is -2.15. The van der Waals surface area contributed by atoms with E-state index >= 15 is 0 Å². The summed E-state index contributed by atoms with van der Waals surface area (Å²) in [6, 6.07) is 9.19. The number of amides is 1. The summed E-state index contributed by atoms with van der Waals surface area (Å²) >= 11 is 0. The maximum Gasteiger partial charge on any atom is 0.417 e. The molecule has 0 aliphatic carbocycles. The van der Waals surface area contributed by atoms with E-state index in [2.05, 4.69) is 30.9 Å². The number of ether oxygens (including phenoxy) is 2. The Labute approximate surface area is 211 Å². The van der Waals surface area contributed by atoms with Crippen molar-refractivity contribution in [1.82, 2.24) is 25.9 Å². The number of nitrogens with zero attached hydrogens (tertiary/aromatic N) is 3. The Kier molecular flexibility index (Phi) is 7.75. The van der Waals surface area contributed by atoms with E-state index in [0.29, 0.717) is 47.8 Å². The van der Waals surface area contributed by atoms with Crippen molar-refractivity contribution in [1.29, 1.82) is 0 Å². The van der Waals surface area contributed by atoms with Gasteiger partial charge in [-0.15, -0.1) is 0 Å². The average Bonchev–Trinajstić information content (AvgIpc) is 3.43. The fourth-order valence-electron chi connectivity index (χ4n) is 3.71. The van der Waals surface area contributed by atoms with E-state index in [1.165, 1.54) is 20.3 Å². The molecule has 0 saturated heterocycles. The number of carbonyl (C=O) groups is 1. The van der Waals surface area contributed by atoms with Crippen LogP contribution in [0.1, 0.15) is 27.2 Å². The minimum Gasteiger partial charge on any atom is -0.497 e. The molecule has 0 fully saturated rings. The lowest BCUT2D eigenvalue weighted by atomic mass is 9.98. The number of rotatable bonds is 8. The molecule has 0 unspecified atom stereocenters. The number of carbonyl (C=O) groups excluding carboxylic acids is 1. The fraction of sp³-hybridized carbons (Fsp3) is 0.280. The van der Waals surface area contributed by atoms with Crippen LogP contribution in [0, 0.1) is 0 Å². The third-order valence-electron chi connectivity index (χ3n) is 5.53. The molecule has 2 aromatic heterocycles. The summed E-state index contributed by atoms with van der Waals surface area (Å²) in [5.41, 5.74) is 1.02. The fourth-order valence-corrected chi connectivity index (χ4v) is 3.71. The second-order valence-corrected chi connectivity index (χ2v) is 8.08. The lowest BCUT2D eigenvalue weighted by Crippen LogP contribution is -2.33. The monoisotopic (exact) mass is 514 g/mol. The highest BCUT2D eigenvalue weighted by Crippen LogP contribution is 2.36. The van der Waals surface area contributed by atoms with Crippen LogP contribution in [0.5, 0.6) is 11.6 Å². The van der Waals surface area contributed by atoms with Gasteiger partial charge in [-0.25, -0.2) is 4.98 Å². The smallest absolute Gasteiger partial charge is 0.417 e. The topological polar surface area (TPSA) is 110 Å². The van der Waals surface area contributed by atoms with Gasteiger partial charge in [0.1, 0.15) is 5.75 Å². The van der Waals surface area contributed by atoms with E-state index in [0.717, 1.165) is 6.07 Å². The van der Waals surface area contributed by atoms with Crippen molar-refractivity contribution in [3.8, 4) is 22.8 Å². The molecule has 12 heteroatoms. The van der Waals surface area contributed by atoms with Gasteiger partial charge in [0.05, 0.1) is 38.6 Å². The van der Waals surface area contributed by atoms with Crippen LogP contribution in [0.2, 0.25) is 0 Å². The first-order valence-electron chi connectivity index (χ1n) is 11.3. The number of guanidine groups is 1. The minimum atomic E-state index is -4.59. The maximum atomic E-state index is 13.4. The van der Waals surface area contributed by atoms with Crippen LogP contribution < -0.4 is 25.4 Å². The van der Waals surface area contributed by atoms with E-state index in [1.54, 1.807) is 30.5 Å². The second-order valence-electron chi connectivity index (χ2n) is 8.08. The number of pyridine rings is 2. The summed E-state index contributed by atoms with van der Waals surface area (Å²) in [4.78, 5) is 25.4. The van der Waals surface area contributed by atoms with E-state index in [4.69, 9.17) is 9.47 Å². The zero-order valence-electron chi connectivity index (χ0n) is 20.1. The first kappa shape index (κ1) is 25.7. The van der Waals surface area contributed by atoms with E-state index in [1.807, 2.05) is 0 Å². The summed E-state index contributed by atoms with van der Waals surface area (Å²) < 4.78 is 50.7. The van der Waals surface area contributed by atoms with E-state index < -0.39 is 17.6 Å². The molecule has 0 spiro atoms. The predicted octanol–water partition coefficient (Wildman–Crippen LogP) is 3.16. The summed E-state index contributed by atoms with van der Waals surface area (Å²) in [5.74, 6) is 0.788. The Balaban J connectivity index is 1.67. The normalized spacial score (nSPS) is 12.9. The molecule has 0 bridgehead atoms. The summed E-state index contributed by atoms with van der Waals surface area (Å²) in [6.07, 6.45) is -2.31. The van der Waals surface area contributed by atoms with Gasteiger partial charge in [-0.05, 0) is 41.5 Å². The number of aromatic nitrogens is 2. The van der Waals surface area contributed by atoms with Crippen LogP contribution >= 0.6 is 0 Å². The highest BCUT2D eigenvalue weighted by atomic mass is 19.4. The number of methoxy groups -OCH3 is 2. The van der Waals surface area contributed by atoms with Crippen LogP contribution in [0.25, 0.3) is 11.1 Å². The molecule has 37 heavy (non-hydrogen) atoms. The quantitative estimate of drug-likeness (QED) is 0.424. The average molecular weight is 515 g/mol. The number of benzene rings is 1. The summed E-state index contributed by atoms with van der Waals surface area (Å²) in [7, 11) is 2.85. The third-order valence-corrected chi connectivity index (χ3v) is 5.53. The molecule has 0 atom stereocenters. The molecule has 1 aliphatic rings. The van der Waals surface area contributed by atoms with Gasteiger partial charge < -0.3 is 25.4 Å². The van der Waals surface area contributed by atoms with Gasteiger partial charge in [-0.1, -0.05) is 0 Å². The zero-order valence-corrected chi connectivity index (χ0v) is 20.1. The van der Waals surface area contributed by atoms with E-state index in [-0.39, 0.29) is 30.1 Å². The van der Waals surface area contributed by atoms with Crippen LogP contribution in [-0.2, 0) is 19.3 Å². The largest absolute Gasteiger partial charge is 0.497 e. The standard InChI is InChI=1S/C25H25F3N6O3/c1-36-20-3-4-29-19(11-20)14-32-22(35)17-8-15(12-34-24-30-5-6-31-24)7-16(9-17)21-10-18(25(26,27)28)13-33-23(21)37-2/h3-4,7-11,13H,5-6,12,14H2,1-2H3,(H,32,35)(H2,30,31,34). The molecule has 1 aromatic carbocycles. The lowest BCUT2D eigenvalue weighted by molar-refractivity contribution is -0.137. The molecule has 3 aromatic rings. The van der Waals surface area contributed by atoms with Gasteiger partial charge >= 0.3 is 6.18 Å². The summed E-state index contributed by atoms with van der Waals surface area (Å²) in [5, 5.41) is 9.02. The van der Waals surface area contributed by atoms with Crippen LogP contribution in [0.15, 0.2) is 53.8 Å². The molecule has 3 heterocycles. The third kappa shape index (κ3) is 6.46. The molecule has 4 rings (SSSR count). The molecule has 9 nitrogen and oxygen atoms in total. The number of hydrogen-bond donors (Lipinski definition) is 3. The van der Waals surface area contributed by atoms with Gasteiger partial charge in [-0.3, -0.25) is 14.8 Å². The highest BCUT2D eigenvalue weighted by Gasteiger charge is 2.32. The Bertz CT molecular complexity index is 1310. The molecular weight excluding hydrogens is 489 g/mol. The first-order chi connectivity index (χ1) is 17.8. The number of halogens is 3. The molecule has 0 saturated carbocycles. The van der Waals surface area contributed by atoms with Gasteiger partial charge in [0, 0.05) is 42.7 Å². The van der Waals surface area contributed by atoms with Crippen molar-refractivity contribution in [2.75, 3.05) is 27.3 Å². The van der Waals surface area contributed by atoms with Crippen molar-refractivity contribution in [2.45, 2.75) is 19.3 Å². The van der Waals surface area contributed by atoms with Gasteiger partial charge in [0.25, 0.3) is 5.91 Å². The Hall–Kier alpha value is -4.35. The predicted molar refractivity (Wildman–Crippen MR) is 130 cm³/mol. The van der Waals surface area contributed by atoms with Gasteiger partial charge in [0.2, 0.25) is 5.88 Å². The van der Waals surface area contributed by atoms with Crippen molar-refractivity contribution in [3.05, 3.63) is 71.2 Å². The first-order valence-corrected chi connectivity index (χ1v) is 11.3. The van der Waals surface area contributed by atoms with Crippen molar-refractivity contribution < 1.29 is 27.4 Å². The molecule has 194 valence electrons. The zero-order chi connectivity index (χ0) is 26.4. The minimum absolute atomic E-state index is 0.00637. The molecule has 3 N–H and O–H groups in total. The van der Waals surface area contributed by atoms with Crippen LogP contribution in [-0.4, -0.2) is 49.1 Å². The molecular formula is C25H25F3N6O3. The molecule has 1 aliphatic heterocycles. The molecule has 0 radical (unpaired) electrons. The van der Waals surface area contributed by atoms with Crippen LogP contribution in [0.3, 0.4) is 0 Å². The SMILES string of the molecule is COc1ccnc(CNC(=O)c2cc(CNC3=NCCN3)cc(-c3cc(C(F)(F)F)cnc3OC)c2)c1. The highest BCUT2D eigenvalue weighted by molar-refractivity contribution is 5.96.